The molecule has 0 fully saturated rings. The molecule has 0 saturated heterocycles. The number of carbonyl (C=O) groups is 1. The van der Waals surface area contributed by atoms with Crippen LogP contribution in [0.4, 0.5) is 0 Å². The van der Waals surface area contributed by atoms with E-state index >= 15 is 0 Å². The lowest BCUT2D eigenvalue weighted by Crippen LogP contribution is -2.30. The van der Waals surface area contributed by atoms with E-state index in [2.05, 4.69) is 4.98 Å². The molecule has 0 aliphatic carbocycles. The number of ketones is 1. The van der Waals surface area contributed by atoms with Gasteiger partial charge in [-0.25, -0.2) is 4.98 Å². The van der Waals surface area contributed by atoms with Crippen molar-refractivity contribution < 1.29 is 4.79 Å². The average molecular weight is 207 g/mol. The van der Waals surface area contributed by atoms with E-state index < -0.39 is 6.04 Å². The maximum Gasteiger partial charge on any atom is 0.197 e. The lowest BCUT2D eigenvalue weighted by Gasteiger charge is -2.16. The van der Waals surface area contributed by atoms with E-state index in [-0.39, 0.29) is 5.78 Å². The Labute approximate surface area is 89.5 Å². The summed E-state index contributed by atoms with van der Waals surface area (Å²) >= 11 is 0. The van der Waals surface area contributed by atoms with Gasteiger partial charge in [-0.15, -0.1) is 0 Å². The second kappa shape index (κ2) is 3.77. The van der Waals surface area contributed by atoms with Crippen LogP contribution in [0.15, 0.2) is 0 Å². The highest BCUT2D eigenvalue weighted by molar-refractivity contribution is 5.99. The van der Waals surface area contributed by atoms with Crippen LogP contribution in [-0.4, -0.2) is 21.4 Å². The first kappa shape index (κ1) is 10.4. The minimum absolute atomic E-state index is 0.00755. The van der Waals surface area contributed by atoms with Crippen molar-refractivity contribution >= 4 is 5.78 Å². The van der Waals surface area contributed by atoms with Crippen LogP contribution in [-0.2, 0) is 13.0 Å². The predicted molar refractivity (Wildman–Crippen MR) is 57.9 cm³/mol. The van der Waals surface area contributed by atoms with Crippen molar-refractivity contribution in [2.24, 2.45) is 5.73 Å². The number of nitrogens with two attached hydrogens (primary N) is 1. The molecule has 0 saturated carbocycles. The standard InChI is InChI=1S/C11H17N3O/c1-7(12)11(15)10-8(2)13-9-5-3-4-6-14(9)10/h7H,3-6,12H2,1-2H3. The molecule has 4 nitrogen and oxygen atoms in total. The molecule has 0 spiro atoms. The first-order valence-electron chi connectivity index (χ1n) is 5.47. The highest BCUT2D eigenvalue weighted by Gasteiger charge is 2.23. The van der Waals surface area contributed by atoms with Gasteiger partial charge < -0.3 is 10.3 Å². The second-order valence-electron chi connectivity index (χ2n) is 4.22. The summed E-state index contributed by atoms with van der Waals surface area (Å²) in [5, 5.41) is 0. The van der Waals surface area contributed by atoms with Gasteiger partial charge in [0.15, 0.2) is 5.78 Å². The smallest absolute Gasteiger partial charge is 0.197 e. The molecule has 0 amide bonds. The van der Waals surface area contributed by atoms with Crippen LogP contribution in [0.3, 0.4) is 0 Å². The van der Waals surface area contributed by atoms with Gasteiger partial charge in [0, 0.05) is 13.0 Å². The van der Waals surface area contributed by atoms with Gasteiger partial charge in [0.2, 0.25) is 0 Å². The van der Waals surface area contributed by atoms with E-state index in [0.717, 1.165) is 36.6 Å². The quantitative estimate of drug-likeness (QED) is 0.737. The summed E-state index contributed by atoms with van der Waals surface area (Å²) < 4.78 is 2.05. The average Bonchev–Trinajstić information content (AvgIpc) is 2.52. The highest BCUT2D eigenvalue weighted by Crippen LogP contribution is 2.20. The number of carbonyl (C=O) groups excluding carboxylic acids is 1. The zero-order chi connectivity index (χ0) is 11.0. The summed E-state index contributed by atoms with van der Waals surface area (Å²) in [6.07, 6.45) is 3.28. The van der Waals surface area contributed by atoms with Crippen molar-refractivity contribution in [2.75, 3.05) is 0 Å². The highest BCUT2D eigenvalue weighted by atomic mass is 16.1. The molecule has 1 unspecified atom stereocenters. The zero-order valence-electron chi connectivity index (χ0n) is 9.29. The summed E-state index contributed by atoms with van der Waals surface area (Å²) in [5.74, 6) is 1.05. The Bertz CT molecular complexity index is 393. The van der Waals surface area contributed by atoms with Crippen molar-refractivity contribution in [2.45, 2.75) is 45.7 Å². The molecule has 1 aliphatic heterocycles. The lowest BCUT2D eigenvalue weighted by molar-refractivity contribution is 0.0957. The van der Waals surface area contributed by atoms with Crippen molar-refractivity contribution in [3.63, 3.8) is 0 Å². The van der Waals surface area contributed by atoms with Gasteiger partial charge in [0.25, 0.3) is 0 Å². The maximum absolute atomic E-state index is 11.9. The molecule has 0 radical (unpaired) electrons. The maximum atomic E-state index is 11.9. The molecular weight excluding hydrogens is 190 g/mol. The summed E-state index contributed by atoms with van der Waals surface area (Å²) in [6.45, 7) is 4.52. The van der Waals surface area contributed by atoms with Gasteiger partial charge in [-0.2, -0.15) is 0 Å². The Balaban J connectivity index is 2.46. The van der Waals surface area contributed by atoms with Crippen molar-refractivity contribution in [1.29, 1.82) is 0 Å². The van der Waals surface area contributed by atoms with Crippen LogP contribution >= 0.6 is 0 Å². The zero-order valence-corrected chi connectivity index (χ0v) is 9.29. The largest absolute Gasteiger partial charge is 0.325 e. The Morgan fingerprint density at radius 3 is 2.93 bits per heavy atom. The third-order valence-electron chi connectivity index (χ3n) is 2.90. The third-order valence-corrected chi connectivity index (χ3v) is 2.90. The third kappa shape index (κ3) is 1.69. The number of hydrogen-bond donors (Lipinski definition) is 1. The Kier molecular flexibility index (Phi) is 2.61. The molecule has 2 heterocycles. The molecule has 1 aromatic rings. The molecule has 0 aromatic carbocycles. The van der Waals surface area contributed by atoms with E-state index in [1.165, 1.54) is 6.42 Å². The molecule has 1 aromatic heterocycles. The minimum atomic E-state index is -0.438. The fraction of sp³-hybridized carbons (Fsp3) is 0.636. The van der Waals surface area contributed by atoms with Crippen LogP contribution < -0.4 is 5.73 Å². The topological polar surface area (TPSA) is 60.9 Å². The number of imidazole rings is 1. The van der Waals surface area contributed by atoms with Gasteiger partial charge in [-0.3, -0.25) is 4.79 Å². The SMILES string of the molecule is Cc1nc2n(c1C(=O)C(C)N)CCCC2. The first-order valence-corrected chi connectivity index (χ1v) is 5.47. The Morgan fingerprint density at radius 1 is 1.53 bits per heavy atom. The number of aryl methyl sites for hydroxylation is 2. The van der Waals surface area contributed by atoms with Crippen LogP contribution in [0.2, 0.25) is 0 Å². The van der Waals surface area contributed by atoms with Crippen LogP contribution in [0.1, 0.15) is 41.8 Å². The van der Waals surface area contributed by atoms with Gasteiger partial charge in [-0.1, -0.05) is 0 Å². The van der Waals surface area contributed by atoms with Crippen molar-refractivity contribution in [1.82, 2.24) is 9.55 Å². The van der Waals surface area contributed by atoms with E-state index in [1.54, 1.807) is 6.92 Å². The molecule has 4 heteroatoms. The number of nitrogens with zero attached hydrogens (tertiary/aromatic N) is 2. The minimum Gasteiger partial charge on any atom is -0.325 e. The molecule has 82 valence electrons. The molecular formula is C11H17N3O. The molecule has 0 bridgehead atoms. The van der Waals surface area contributed by atoms with E-state index in [4.69, 9.17) is 5.73 Å². The molecule has 2 N–H and O–H groups in total. The summed E-state index contributed by atoms with van der Waals surface area (Å²) in [4.78, 5) is 16.4. The Hall–Kier alpha value is -1.16. The molecule has 1 atom stereocenters. The van der Waals surface area contributed by atoms with Crippen LogP contribution in [0.5, 0.6) is 0 Å². The van der Waals surface area contributed by atoms with Crippen LogP contribution in [0.25, 0.3) is 0 Å². The first-order chi connectivity index (χ1) is 7.11. The Morgan fingerprint density at radius 2 is 2.27 bits per heavy atom. The van der Waals surface area contributed by atoms with Crippen molar-refractivity contribution in [3.8, 4) is 0 Å². The van der Waals surface area contributed by atoms with Crippen LogP contribution in [0, 0.1) is 6.92 Å². The fourth-order valence-corrected chi connectivity index (χ4v) is 2.14. The van der Waals surface area contributed by atoms with Crippen molar-refractivity contribution in [3.05, 3.63) is 17.2 Å². The van der Waals surface area contributed by atoms with E-state index in [0.29, 0.717) is 0 Å². The summed E-state index contributed by atoms with van der Waals surface area (Å²) in [6, 6.07) is -0.438. The summed E-state index contributed by atoms with van der Waals surface area (Å²) in [7, 11) is 0. The summed E-state index contributed by atoms with van der Waals surface area (Å²) in [5.41, 5.74) is 7.19. The van der Waals surface area contributed by atoms with E-state index in [9.17, 15) is 4.79 Å². The molecule has 1 aliphatic rings. The number of hydrogen-bond acceptors (Lipinski definition) is 3. The van der Waals surface area contributed by atoms with Gasteiger partial charge in [-0.05, 0) is 26.7 Å². The fourth-order valence-electron chi connectivity index (χ4n) is 2.14. The second-order valence-corrected chi connectivity index (χ2v) is 4.22. The van der Waals surface area contributed by atoms with Gasteiger partial charge in [0.05, 0.1) is 11.7 Å². The normalized spacial score (nSPS) is 17.3. The van der Waals surface area contributed by atoms with E-state index in [1.807, 2.05) is 11.5 Å². The monoisotopic (exact) mass is 207 g/mol. The lowest BCUT2D eigenvalue weighted by atomic mass is 10.1. The van der Waals surface area contributed by atoms with Gasteiger partial charge >= 0.3 is 0 Å². The number of aromatic nitrogens is 2. The predicted octanol–water partition coefficient (Wildman–Crippen LogP) is 1.06. The molecule has 2 rings (SSSR count). The number of Topliss-reactive ketones (excluding diaryl/α,β-unsaturated/α-hetero) is 1. The number of fused-ring (bicyclic) bond motifs is 1. The number of rotatable bonds is 2. The molecule has 15 heavy (non-hydrogen) atoms. The van der Waals surface area contributed by atoms with Gasteiger partial charge in [0.1, 0.15) is 11.5 Å².